The van der Waals surface area contributed by atoms with Gasteiger partial charge < -0.3 is 9.80 Å². The van der Waals surface area contributed by atoms with Gasteiger partial charge >= 0.3 is 0 Å². The van der Waals surface area contributed by atoms with Crippen molar-refractivity contribution in [3.05, 3.63) is 54.1 Å². The van der Waals surface area contributed by atoms with Crippen LogP contribution in [0.5, 0.6) is 0 Å². The van der Waals surface area contributed by atoms with Crippen molar-refractivity contribution in [1.82, 2.24) is 14.9 Å². The molecule has 0 spiro atoms. The van der Waals surface area contributed by atoms with Crippen LogP contribution in [0.2, 0.25) is 0 Å². The first-order valence-electron chi connectivity index (χ1n) is 8.75. The van der Waals surface area contributed by atoms with E-state index in [4.69, 9.17) is 0 Å². The number of carbonyl (C=O) groups excluding carboxylic acids is 1. The summed E-state index contributed by atoms with van der Waals surface area (Å²) >= 11 is 0. The quantitative estimate of drug-likeness (QED) is 0.756. The average molecular weight is 342 g/mol. The second kappa shape index (κ2) is 8.67. The van der Waals surface area contributed by atoms with Crippen LogP contribution in [-0.2, 0) is 0 Å². The number of ketones is 1. The van der Waals surface area contributed by atoms with E-state index in [0.717, 1.165) is 51.5 Å². The maximum atomic E-state index is 12.9. The number of hydrogen-bond acceptors (Lipinski definition) is 5. The number of carbonyl (C=O) groups is 1. The van der Waals surface area contributed by atoms with Gasteiger partial charge in [-0.2, -0.15) is 0 Å². The number of aromatic nitrogens is 2. The van der Waals surface area contributed by atoms with Gasteiger partial charge in [0.25, 0.3) is 0 Å². The Morgan fingerprint density at radius 2 is 1.80 bits per heavy atom. The highest BCUT2D eigenvalue weighted by Gasteiger charge is 2.16. The molecule has 2 heterocycles. The second-order valence-electron chi connectivity index (χ2n) is 6.26. The summed E-state index contributed by atoms with van der Waals surface area (Å²) in [6.07, 6.45) is 5.91. The van der Waals surface area contributed by atoms with E-state index >= 15 is 0 Å². The summed E-state index contributed by atoms with van der Waals surface area (Å²) in [4.78, 5) is 25.4. The van der Waals surface area contributed by atoms with Crippen LogP contribution in [-0.4, -0.2) is 53.4 Å². The number of halogens is 1. The number of hydrogen-bond donors (Lipinski definition) is 0. The molecule has 6 heteroatoms. The van der Waals surface area contributed by atoms with Crippen LogP contribution in [0.4, 0.5) is 10.3 Å². The maximum absolute atomic E-state index is 12.9. The zero-order valence-electron chi connectivity index (χ0n) is 14.3. The third-order valence-electron chi connectivity index (χ3n) is 4.47. The third-order valence-corrected chi connectivity index (χ3v) is 4.47. The lowest BCUT2D eigenvalue weighted by molar-refractivity contribution is 0.0975. The molecule has 1 saturated heterocycles. The van der Waals surface area contributed by atoms with Gasteiger partial charge in [-0.05, 0) is 56.3 Å². The molecular formula is C19H23FN4O. The highest BCUT2D eigenvalue weighted by atomic mass is 19.1. The molecule has 0 N–H and O–H groups in total. The van der Waals surface area contributed by atoms with E-state index in [0.29, 0.717) is 12.0 Å². The Labute approximate surface area is 147 Å². The molecule has 0 saturated carbocycles. The molecule has 0 atom stereocenters. The Hall–Kier alpha value is -2.34. The van der Waals surface area contributed by atoms with Crippen LogP contribution in [0, 0.1) is 5.82 Å². The molecule has 0 bridgehead atoms. The van der Waals surface area contributed by atoms with E-state index in [1.165, 1.54) is 12.1 Å². The van der Waals surface area contributed by atoms with Crippen molar-refractivity contribution in [3.63, 3.8) is 0 Å². The van der Waals surface area contributed by atoms with E-state index in [1.807, 2.05) is 6.07 Å². The lowest BCUT2D eigenvalue weighted by Gasteiger charge is -2.21. The SMILES string of the molecule is O=C(CCCN1CCCN(c2ncccn2)CC1)c1ccc(F)cc1. The topological polar surface area (TPSA) is 49.3 Å². The van der Waals surface area contributed by atoms with Crippen LogP contribution in [0.1, 0.15) is 29.6 Å². The third kappa shape index (κ3) is 5.06. The molecule has 1 aliphatic heterocycles. The van der Waals surface area contributed by atoms with Gasteiger partial charge in [0.2, 0.25) is 5.95 Å². The molecule has 1 aliphatic rings. The molecule has 1 aromatic heterocycles. The highest BCUT2D eigenvalue weighted by Crippen LogP contribution is 2.12. The first kappa shape index (κ1) is 17.5. The number of rotatable bonds is 6. The fourth-order valence-corrected chi connectivity index (χ4v) is 3.09. The van der Waals surface area contributed by atoms with Gasteiger partial charge in [-0.15, -0.1) is 0 Å². The van der Waals surface area contributed by atoms with E-state index in [2.05, 4.69) is 19.8 Å². The normalized spacial score (nSPS) is 15.8. The minimum Gasteiger partial charge on any atom is -0.339 e. The zero-order chi connectivity index (χ0) is 17.5. The smallest absolute Gasteiger partial charge is 0.225 e. The molecule has 0 radical (unpaired) electrons. The first-order chi connectivity index (χ1) is 12.2. The van der Waals surface area contributed by atoms with E-state index in [9.17, 15) is 9.18 Å². The lowest BCUT2D eigenvalue weighted by Crippen LogP contribution is -2.32. The molecule has 0 amide bonds. The molecule has 132 valence electrons. The van der Waals surface area contributed by atoms with Crippen LogP contribution in [0.3, 0.4) is 0 Å². The van der Waals surface area contributed by atoms with Gasteiger partial charge in [-0.3, -0.25) is 4.79 Å². The standard InChI is InChI=1S/C19H23FN4O/c20-17-7-5-16(6-8-17)18(25)4-1-11-23-12-3-13-24(15-14-23)19-21-9-2-10-22-19/h2,5-10H,1,3-4,11-15H2. The summed E-state index contributed by atoms with van der Waals surface area (Å²) in [5.74, 6) is 0.554. The highest BCUT2D eigenvalue weighted by molar-refractivity contribution is 5.95. The number of benzene rings is 1. The van der Waals surface area contributed by atoms with Crippen LogP contribution in [0.15, 0.2) is 42.7 Å². The summed E-state index contributed by atoms with van der Waals surface area (Å²) in [6.45, 7) is 4.72. The number of anilines is 1. The fraction of sp³-hybridized carbons (Fsp3) is 0.421. The predicted molar refractivity (Wildman–Crippen MR) is 95.3 cm³/mol. The van der Waals surface area contributed by atoms with Crippen molar-refractivity contribution < 1.29 is 9.18 Å². The fourth-order valence-electron chi connectivity index (χ4n) is 3.09. The van der Waals surface area contributed by atoms with Crippen molar-refractivity contribution >= 4 is 11.7 Å². The summed E-state index contributed by atoms with van der Waals surface area (Å²) in [7, 11) is 0. The Morgan fingerprint density at radius 1 is 1.04 bits per heavy atom. The van der Waals surface area contributed by atoms with Gasteiger partial charge in [0.1, 0.15) is 5.82 Å². The molecule has 0 unspecified atom stereocenters. The van der Waals surface area contributed by atoms with E-state index in [-0.39, 0.29) is 11.6 Å². The van der Waals surface area contributed by atoms with Gasteiger partial charge in [-0.1, -0.05) is 0 Å². The Bertz CT molecular complexity index is 678. The maximum Gasteiger partial charge on any atom is 0.225 e. The van der Waals surface area contributed by atoms with Crippen molar-refractivity contribution in [3.8, 4) is 0 Å². The predicted octanol–water partition coefficient (Wildman–Crippen LogP) is 2.79. The molecule has 1 fully saturated rings. The van der Waals surface area contributed by atoms with Crippen LogP contribution >= 0.6 is 0 Å². The summed E-state index contributed by atoms with van der Waals surface area (Å²) in [5.41, 5.74) is 0.588. The molecule has 25 heavy (non-hydrogen) atoms. The first-order valence-corrected chi connectivity index (χ1v) is 8.75. The minimum absolute atomic E-state index is 0.0779. The van der Waals surface area contributed by atoms with Gasteiger partial charge in [-0.25, -0.2) is 14.4 Å². The average Bonchev–Trinajstić information content (AvgIpc) is 2.89. The monoisotopic (exact) mass is 342 g/mol. The van der Waals surface area contributed by atoms with E-state index in [1.54, 1.807) is 24.5 Å². The Kier molecular flexibility index (Phi) is 6.06. The summed E-state index contributed by atoms with van der Waals surface area (Å²) in [5, 5.41) is 0. The van der Waals surface area contributed by atoms with Gasteiger partial charge in [0.15, 0.2) is 5.78 Å². The molecule has 5 nitrogen and oxygen atoms in total. The lowest BCUT2D eigenvalue weighted by atomic mass is 10.1. The zero-order valence-corrected chi connectivity index (χ0v) is 14.3. The molecular weight excluding hydrogens is 319 g/mol. The summed E-state index contributed by atoms with van der Waals surface area (Å²) in [6, 6.07) is 7.61. The molecule has 0 aliphatic carbocycles. The van der Waals surface area contributed by atoms with Gasteiger partial charge in [0.05, 0.1) is 0 Å². The molecule has 2 aromatic rings. The minimum atomic E-state index is -0.312. The molecule has 3 rings (SSSR count). The number of Topliss-reactive ketones (excluding diaryl/α,β-unsaturated/α-hetero) is 1. The van der Waals surface area contributed by atoms with Crippen molar-refractivity contribution in [2.45, 2.75) is 19.3 Å². The van der Waals surface area contributed by atoms with E-state index < -0.39 is 0 Å². The molecule has 1 aromatic carbocycles. The number of nitrogens with zero attached hydrogens (tertiary/aromatic N) is 4. The van der Waals surface area contributed by atoms with Crippen molar-refractivity contribution in [1.29, 1.82) is 0 Å². The van der Waals surface area contributed by atoms with Gasteiger partial charge in [0, 0.05) is 44.0 Å². The Balaban J connectivity index is 1.43. The largest absolute Gasteiger partial charge is 0.339 e. The van der Waals surface area contributed by atoms with Crippen LogP contribution in [0.25, 0.3) is 0 Å². The van der Waals surface area contributed by atoms with Crippen molar-refractivity contribution in [2.24, 2.45) is 0 Å². The van der Waals surface area contributed by atoms with Crippen LogP contribution < -0.4 is 4.90 Å². The summed E-state index contributed by atoms with van der Waals surface area (Å²) < 4.78 is 12.9. The Morgan fingerprint density at radius 3 is 2.56 bits per heavy atom. The second-order valence-corrected chi connectivity index (χ2v) is 6.26. The van der Waals surface area contributed by atoms with Crippen molar-refractivity contribution in [2.75, 3.05) is 37.6 Å².